The van der Waals surface area contributed by atoms with Crippen LogP contribution in [0.2, 0.25) is 0 Å². The molecule has 0 spiro atoms. The second-order valence-electron chi connectivity index (χ2n) is 7.40. The molecule has 5 atom stereocenters. The van der Waals surface area contributed by atoms with Crippen LogP contribution in [0.3, 0.4) is 0 Å². The van der Waals surface area contributed by atoms with Crippen molar-refractivity contribution >= 4 is 5.97 Å². The molecule has 6 heteroatoms. The van der Waals surface area contributed by atoms with E-state index in [9.17, 15) is 9.90 Å². The molecular weight excluding hydrogens is 310 g/mol. The van der Waals surface area contributed by atoms with Crippen LogP contribution < -0.4 is 9.47 Å². The van der Waals surface area contributed by atoms with Crippen molar-refractivity contribution in [3.8, 4) is 11.5 Å². The normalized spacial score (nSPS) is 38.4. The van der Waals surface area contributed by atoms with Crippen LogP contribution in [0.1, 0.15) is 43.7 Å². The summed E-state index contributed by atoms with van der Waals surface area (Å²) in [5.74, 6) is 1.38. The topological polar surface area (TPSA) is 68.2 Å². The molecule has 2 bridgehead atoms. The van der Waals surface area contributed by atoms with Crippen LogP contribution in [-0.2, 0) is 21.5 Å². The fourth-order valence-corrected chi connectivity index (χ4v) is 5.28. The van der Waals surface area contributed by atoms with Crippen LogP contribution in [0, 0.1) is 0 Å². The maximum atomic E-state index is 11.3. The van der Waals surface area contributed by atoms with Gasteiger partial charge in [-0.25, -0.2) is 0 Å². The molecule has 5 rings (SSSR count). The highest BCUT2D eigenvalue weighted by molar-refractivity contribution is 5.66. The summed E-state index contributed by atoms with van der Waals surface area (Å²) in [6.45, 7) is 2.44. The van der Waals surface area contributed by atoms with E-state index in [2.05, 4.69) is 17.0 Å². The number of aliphatic hydroxyl groups excluding tert-OH is 1. The molecule has 5 unspecified atom stereocenters. The number of ether oxygens (including phenoxy) is 3. The van der Waals surface area contributed by atoms with Gasteiger partial charge in [0.25, 0.3) is 0 Å². The van der Waals surface area contributed by atoms with E-state index in [0.717, 1.165) is 37.2 Å². The van der Waals surface area contributed by atoms with Crippen molar-refractivity contribution in [2.45, 2.75) is 62.9 Å². The molecule has 24 heavy (non-hydrogen) atoms. The Morgan fingerprint density at radius 3 is 2.96 bits per heavy atom. The van der Waals surface area contributed by atoms with Crippen molar-refractivity contribution in [2.75, 3.05) is 6.79 Å². The van der Waals surface area contributed by atoms with Crippen LogP contribution >= 0.6 is 0 Å². The van der Waals surface area contributed by atoms with Crippen LogP contribution in [0.5, 0.6) is 11.5 Å². The summed E-state index contributed by atoms with van der Waals surface area (Å²) in [7, 11) is 0. The number of fused-ring (bicyclic) bond motifs is 2. The van der Waals surface area contributed by atoms with Crippen molar-refractivity contribution in [3.05, 3.63) is 23.3 Å². The molecule has 2 fully saturated rings. The van der Waals surface area contributed by atoms with Crippen LogP contribution in [0.15, 0.2) is 12.1 Å². The van der Waals surface area contributed by atoms with Gasteiger partial charge in [-0.15, -0.1) is 0 Å². The molecule has 1 N–H and O–H groups in total. The van der Waals surface area contributed by atoms with E-state index in [1.807, 2.05) is 0 Å². The molecule has 3 heterocycles. The molecule has 1 saturated heterocycles. The highest BCUT2D eigenvalue weighted by Gasteiger charge is 2.58. The average Bonchev–Trinajstić information content (AvgIpc) is 3.06. The highest BCUT2D eigenvalue weighted by atomic mass is 16.7. The van der Waals surface area contributed by atoms with Crippen molar-refractivity contribution in [3.63, 3.8) is 0 Å². The summed E-state index contributed by atoms with van der Waals surface area (Å²) in [5.41, 5.74) is 2.42. The van der Waals surface area contributed by atoms with Gasteiger partial charge in [0.15, 0.2) is 11.5 Å². The van der Waals surface area contributed by atoms with E-state index >= 15 is 0 Å². The zero-order valence-electron chi connectivity index (χ0n) is 13.7. The van der Waals surface area contributed by atoms with Gasteiger partial charge in [0, 0.05) is 31.3 Å². The lowest BCUT2D eigenvalue weighted by atomic mass is 9.63. The Kier molecular flexibility index (Phi) is 2.95. The van der Waals surface area contributed by atoms with Crippen LogP contribution in [0.25, 0.3) is 0 Å². The monoisotopic (exact) mass is 331 g/mol. The summed E-state index contributed by atoms with van der Waals surface area (Å²) in [5, 5.41) is 10.6. The minimum absolute atomic E-state index is 0.0519. The van der Waals surface area contributed by atoms with Gasteiger partial charge in [-0.3, -0.25) is 9.69 Å². The summed E-state index contributed by atoms with van der Waals surface area (Å²) in [6.07, 6.45) is 2.77. The van der Waals surface area contributed by atoms with E-state index in [1.54, 1.807) is 0 Å². The van der Waals surface area contributed by atoms with Gasteiger partial charge >= 0.3 is 5.97 Å². The minimum Gasteiger partial charge on any atom is -0.463 e. The maximum absolute atomic E-state index is 11.3. The van der Waals surface area contributed by atoms with Crippen LogP contribution in [0.4, 0.5) is 0 Å². The first-order valence-corrected chi connectivity index (χ1v) is 8.61. The average molecular weight is 331 g/mol. The van der Waals surface area contributed by atoms with E-state index in [4.69, 9.17) is 14.2 Å². The van der Waals surface area contributed by atoms with E-state index in [-0.39, 0.29) is 30.3 Å². The van der Waals surface area contributed by atoms with Gasteiger partial charge in [0.2, 0.25) is 6.79 Å². The molecule has 0 aromatic heterocycles. The van der Waals surface area contributed by atoms with Crippen LogP contribution in [-0.4, -0.2) is 41.1 Å². The number of carbonyl (C=O) groups is 1. The summed E-state index contributed by atoms with van der Waals surface area (Å²) >= 11 is 0. The number of hydrogen-bond donors (Lipinski definition) is 1. The third-order valence-electron chi connectivity index (χ3n) is 6.19. The van der Waals surface area contributed by atoms with Gasteiger partial charge in [-0.2, -0.15) is 0 Å². The molecule has 1 aromatic carbocycles. The van der Waals surface area contributed by atoms with Gasteiger partial charge in [0.05, 0.1) is 0 Å². The second kappa shape index (κ2) is 4.86. The fraction of sp³-hybridized carbons (Fsp3) is 0.611. The fourth-order valence-electron chi connectivity index (χ4n) is 5.28. The first-order valence-electron chi connectivity index (χ1n) is 8.61. The van der Waals surface area contributed by atoms with Gasteiger partial charge in [0.1, 0.15) is 12.3 Å². The minimum atomic E-state index is -0.449. The Balaban J connectivity index is 1.56. The van der Waals surface area contributed by atoms with E-state index in [1.165, 1.54) is 18.1 Å². The van der Waals surface area contributed by atoms with Crippen molar-refractivity contribution < 1.29 is 24.1 Å². The molecule has 4 aliphatic rings. The Labute approximate surface area is 140 Å². The quantitative estimate of drug-likeness (QED) is 0.790. The number of rotatable bonds is 1. The highest BCUT2D eigenvalue weighted by Crippen LogP contribution is 2.57. The van der Waals surface area contributed by atoms with Gasteiger partial charge in [-0.1, -0.05) is 0 Å². The second-order valence-corrected chi connectivity index (χ2v) is 7.40. The number of esters is 1. The Hall–Kier alpha value is -1.79. The molecule has 128 valence electrons. The number of hydrogen-bond acceptors (Lipinski definition) is 6. The van der Waals surface area contributed by atoms with Crippen molar-refractivity contribution in [2.24, 2.45) is 0 Å². The summed E-state index contributed by atoms with van der Waals surface area (Å²) < 4.78 is 16.6. The number of carbonyl (C=O) groups excluding carboxylic acids is 1. The summed E-state index contributed by atoms with van der Waals surface area (Å²) in [4.78, 5) is 13.5. The van der Waals surface area contributed by atoms with E-state index < -0.39 is 6.23 Å². The molecule has 3 aliphatic heterocycles. The predicted octanol–water partition coefficient (Wildman–Crippen LogP) is 1.67. The largest absolute Gasteiger partial charge is 0.463 e. The lowest BCUT2D eigenvalue weighted by molar-refractivity contribution is -0.149. The molecule has 1 aromatic rings. The summed E-state index contributed by atoms with van der Waals surface area (Å²) in [6, 6.07) is 4.39. The lowest BCUT2D eigenvalue weighted by Crippen LogP contribution is -2.52. The number of aliphatic hydroxyl groups is 1. The molecule has 1 aliphatic carbocycles. The number of nitrogens with zero attached hydrogens (tertiary/aromatic N) is 1. The van der Waals surface area contributed by atoms with Crippen molar-refractivity contribution in [1.82, 2.24) is 4.90 Å². The predicted molar refractivity (Wildman–Crippen MR) is 83.6 cm³/mol. The zero-order chi connectivity index (χ0) is 16.5. The molecule has 6 nitrogen and oxygen atoms in total. The third kappa shape index (κ3) is 1.87. The third-order valence-corrected chi connectivity index (χ3v) is 6.19. The molecule has 1 saturated carbocycles. The van der Waals surface area contributed by atoms with Gasteiger partial charge < -0.3 is 19.3 Å². The smallest absolute Gasteiger partial charge is 0.302 e. The SMILES string of the molecule is CC(=O)OC1CCC23CC(O)N(Cc4cc5c(cc42)OCO5)C3C1. The maximum Gasteiger partial charge on any atom is 0.302 e. The lowest BCUT2D eigenvalue weighted by Gasteiger charge is -2.48. The number of benzene rings is 1. The first kappa shape index (κ1) is 14.5. The Morgan fingerprint density at radius 2 is 2.17 bits per heavy atom. The molecule has 0 amide bonds. The Bertz CT molecular complexity index is 720. The van der Waals surface area contributed by atoms with Crippen molar-refractivity contribution in [1.29, 1.82) is 0 Å². The standard InChI is InChI=1S/C18H21NO5/c1-10(20)24-12-2-3-18-7-17(21)19(16(18)5-12)8-11-4-14-15(6-13(11)18)23-9-22-14/h4,6,12,16-17,21H,2-3,5,7-9H2,1H3. The molecular formula is C18H21NO5. The molecule has 0 radical (unpaired) electrons. The zero-order valence-corrected chi connectivity index (χ0v) is 13.7. The van der Waals surface area contributed by atoms with Gasteiger partial charge in [-0.05, 0) is 42.5 Å². The van der Waals surface area contributed by atoms with E-state index in [0.29, 0.717) is 6.54 Å². The first-order chi connectivity index (χ1) is 11.6. The Morgan fingerprint density at radius 1 is 1.38 bits per heavy atom.